The minimum Gasteiger partial charge on any atom is -0.478 e. The second-order valence-corrected chi connectivity index (χ2v) is 5.60. The van der Waals surface area contributed by atoms with E-state index in [4.69, 9.17) is 9.53 Å². The van der Waals surface area contributed by atoms with Gasteiger partial charge in [0.2, 0.25) is 0 Å². The third kappa shape index (κ3) is 7.33. The predicted octanol–water partition coefficient (Wildman–Crippen LogP) is 2.12. The standard InChI is InChI=1S/C11H22O3Si/c1-4-10(15-14-5-2)8-6-7-9(3)11(12)13/h7,10H,4-6,8,15H2,1-3H3,(H,12,13)/b9-7+. The second-order valence-electron chi connectivity index (χ2n) is 3.70. The molecular formula is C11H22O3Si. The Bertz CT molecular complexity index is 214. The molecule has 88 valence electrons. The van der Waals surface area contributed by atoms with Gasteiger partial charge in [-0.25, -0.2) is 4.79 Å². The van der Waals surface area contributed by atoms with Gasteiger partial charge in [0.05, 0.1) is 0 Å². The Balaban J connectivity index is 3.80. The number of allylic oxidation sites excluding steroid dienone is 1. The van der Waals surface area contributed by atoms with Gasteiger partial charge in [-0.05, 0) is 32.2 Å². The van der Waals surface area contributed by atoms with E-state index in [2.05, 4.69) is 6.92 Å². The van der Waals surface area contributed by atoms with Gasteiger partial charge in [-0.15, -0.1) is 0 Å². The Hall–Kier alpha value is -0.613. The van der Waals surface area contributed by atoms with E-state index in [1.165, 1.54) is 0 Å². The van der Waals surface area contributed by atoms with E-state index in [9.17, 15) is 4.79 Å². The molecule has 0 aromatic carbocycles. The Morgan fingerprint density at radius 3 is 2.67 bits per heavy atom. The monoisotopic (exact) mass is 230 g/mol. The van der Waals surface area contributed by atoms with Crippen LogP contribution in [0.1, 0.15) is 40.0 Å². The molecule has 0 radical (unpaired) electrons. The van der Waals surface area contributed by atoms with Gasteiger partial charge in [0, 0.05) is 12.2 Å². The number of hydrogen-bond donors (Lipinski definition) is 1. The van der Waals surface area contributed by atoms with Gasteiger partial charge in [0.1, 0.15) is 0 Å². The van der Waals surface area contributed by atoms with E-state index in [-0.39, 0.29) is 0 Å². The lowest BCUT2D eigenvalue weighted by atomic mass is 10.1. The van der Waals surface area contributed by atoms with Crippen LogP contribution in [-0.4, -0.2) is 27.4 Å². The summed E-state index contributed by atoms with van der Waals surface area (Å²) in [6, 6.07) is 0. The van der Waals surface area contributed by atoms with Crippen molar-refractivity contribution in [2.45, 2.75) is 45.6 Å². The molecule has 0 saturated heterocycles. The average Bonchev–Trinajstić information content (AvgIpc) is 2.22. The van der Waals surface area contributed by atoms with Crippen LogP contribution in [0.3, 0.4) is 0 Å². The first-order chi connectivity index (χ1) is 7.11. The number of hydrogen-bond acceptors (Lipinski definition) is 2. The van der Waals surface area contributed by atoms with Crippen molar-refractivity contribution in [1.29, 1.82) is 0 Å². The lowest BCUT2D eigenvalue weighted by molar-refractivity contribution is -0.132. The van der Waals surface area contributed by atoms with Crippen molar-refractivity contribution >= 4 is 15.7 Å². The van der Waals surface area contributed by atoms with Gasteiger partial charge in [0.15, 0.2) is 9.76 Å². The summed E-state index contributed by atoms with van der Waals surface area (Å²) in [6.07, 6.45) is 4.88. The molecule has 0 spiro atoms. The summed E-state index contributed by atoms with van der Waals surface area (Å²) >= 11 is 0. The lowest BCUT2D eigenvalue weighted by Gasteiger charge is -2.12. The van der Waals surface area contributed by atoms with Crippen molar-refractivity contribution in [1.82, 2.24) is 0 Å². The molecule has 0 heterocycles. The molecule has 15 heavy (non-hydrogen) atoms. The molecule has 0 aromatic rings. The fourth-order valence-corrected chi connectivity index (χ4v) is 2.52. The van der Waals surface area contributed by atoms with Crippen LogP contribution in [0.25, 0.3) is 0 Å². The fraction of sp³-hybridized carbons (Fsp3) is 0.727. The van der Waals surface area contributed by atoms with Crippen LogP contribution < -0.4 is 0 Å². The maximum absolute atomic E-state index is 10.5. The molecular weight excluding hydrogens is 208 g/mol. The first-order valence-corrected chi connectivity index (χ1v) is 6.98. The summed E-state index contributed by atoms with van der Waals surface area (Å²) in [4.78, 5) is 10.5. The van der Waals surface area contributed by atoms with Crippen molar-refractivity contribution < 1.29 is 14.3 Å². The van der Waals surface area contributed by atoms with Crippen LogP contribution >= 0.6 is 0 Å². The van der Waals surface area contributed by atoms with E-state index >= 15 is 0 Å². The predicted molar refractivity (Wildman–Crippen MR) is 64.8 cm³/mol. The SMILES string of the molecule is CCO[SiH2]C(CC)CC/C=C(\C)C(=O)O. The number of aliphatic carboxylic acids is 1. The van der Waals surface area contributed by atoms with Crippen LogP contribution in [0.5, 0.6) is 0 Å². The van der Waals surface area contributed by atoms with E-state index < -0.39 is 15.7 Å². The Morgan fingerprint density at radius 1 is 1.53 bits per heavy atom. The molecule has 1 unspecified atom stereocenters. The van der Waals surface area contributed by atoms with Crippen LogP contribution in [0.4, 0.5) is 0 Å². The van der Waals surface area contributed by atoms with Gasteiger partial charge in [0.25, 0.3) is 0 Å². The Kier molecular flexibility index (Phi) is 8.32. The molecule has 0 aliphatic heterocycles. The van der Waals surface area contributed by atoms with Crippen molar-refractivity contribution in [3.05, 3.63) is 11.6 Å². The summed E-state index contributed by atoms with van der Waals surface area (Å²) in [5.41, 5.74) is 1.13. The number of carboxylic acid groups (broad SMARTS) is 1. The highest BCUT2D eigenvalue weighted by Crippen LogP contribution is 2.17. The summed E-state index contributed by atoms with van der Waals surface area (Å²) in [6.45, 7) is 6.65. The number of rotatable bonds is 8. The van der Waals surface area contributed by atoms with E-state index in [0.717, 1.165) is 25.9 Å². The molecule has 0 aromatic heterocycles. The lowest BCUT2D eigenvalue weighted by Crippen LogP contribution is -2.07. The molecule has 0 saturated carbocycles. The number of carbonyl (C=O) groups is 1. The van der Waals surface area contributed by atoms with Crippen molar-refractivity contribution in [3.8, 4) is 0 Å². The quantitative estimate of drug-likeness (QED) is 0.513. The van der Waals surface area contributed by atoms with Crippen molar-refractivity contribution in [2.75, 3.05) is 6.61 Å². The third-order valence-electron chi connectivity index (χ3n) is 2.50. The van der Waals surface area contributed by atoms with E-state index in [1.54, 1.807) is 6.92 Å². The Labute approximate surface area is 94.5 Å². The molecule has 0 bridgehead atoms. The second kappa shape index (κ2) is 8.68. The first-order valence-electron chi connectivity index (χ1n) is 5.59. The zero-order valence-electron chi connectivity index (χ0n) is 9.95. The zero-order chi connectivity index (χ0) is 11.7. The largest absolute Gasteiger partial charge is 0.478 e. The molecule has 1 N–H and O–H groups in total. The van der Waals surface area contributed by atoms with Gasteiger partial charge in [-0.3, -0.25) is 0 Å². The molecule has 4 heteroatoms. The van der Waals surface area contributed by atoms with Gasteiger partial charge < -0.3 is 9.53 Å². The summed E-state index contributed by atoms with van der Waals surface area (Å²) in [5, 5.41) is 8.66. The molecule has 1 atom stereocenters. The van der Waals surface area contributed by atoms with Gasteiger partial charge in [-0.2, -0.15) is 0 Å². The van der Waals surface area contributed by atoms with Crippen molar-refractivity contribution in [3.63, 3.8) is 0 Å². The summed E-state index contributed by atoms with van der Waals surface area (Å²) < 4.78 is 5.49. The van der Waals surface area contributed by atoms with E-state index in [1.807, 2.05) is 13.0 Å². The minimum atomic E-state index is -0.815. The molecule has 0 fully saturated rings. The molecule has 0 rings (SSSR count). The smallest absolute Gasteiger partial charge is 0.330 e. The molecule has 0 aliphatic rings. The fourth-order valence-electron chi connectivity index (χ4n) is 1.31. The van der Waals surface area contributed by atoms with Crippen LogP contribution in [0.15, 0.2) is 11.6 Å². The van der Waals surface area contributed by atoms with Crippen LogP contribution in [0, 0.1) is 0 Å². The topological polar surface area (TPSA) is 46.5 Å². The molecule has 3 nitrogen and oxygen atoms in total. The zero-order valence-corrected chi connectivity index (χ0v) is 11.4. The Morgan fingerprint density at radius 2 is 2.20 bits per heavy atom. The summed E-state index contributed by atoms with van der Waals surface area (Å²) in [7, 11) is -0.416. The highest BCUT2D eigenvalue weighted by molar-refractivity contribution is 6.29. The summed E-state index contributed by atoms with van der Waals surface area (Å²) in [5.74, 6) is -0.815. The number of carboxylic acids is 1. The molecule has 0 amide bonds. The normalized spacial score (nSPS) is 14.7. The van der Waals surface area contributed by atoms with Crippen molar-refractivity contribution in [2.24, 2.45) is 0 Å². The van der Waals surface area contributed by atoms with Gasteiger partial charge >= 0.3 is 5.97 Å². The highest BCUT2D eigenvalue weighted by atomic mass is 28.2. The first kappa shape index (κ1) is 14.4. The maximum Gasteiger partial charge on any atom is 0.330 e. The average molecular weight is 230 g/mol. The van der Waals surface area contributed by atoms with Gasteiger partial charge in [-0.1, -0.05) is 19.4 Å². The third-order valence-corrected chi connectivity index (χ3v) is 4.60. The maximum atomic E-state index is 10.5. The molecule has 0 aliphatic carbocycles. The minimum absolute atomic E-state index is 0.416. The van der Waals surface area contributed by atoms with Crippen LogP contribution in [0.2, 0.25) is 5.54 Å². The highest BCUT2D eigenvalue weighted by Gasteiger charge is 2.06. The van der Waals surface area contributed by atoms with Crippen LogP contribution in [-0.2, 0) is 9.22 Å². The van der Waals surface area contributed by atoms with E-state index in [0.29, 0.717) is 11.1 Å².